The molecule has 3 aromatic rings. The molecule has 2 heterocycles. The summed E-state index contributed by atoms with van der Waals surface area (Å²) in [6, 6.07) is 15.6. The number of aryl methyl sites for hydroxylation is 1. The highest BCUT2D eigenvalue weighted by molar-refractivity contribution is 6.30. The van der Waals surface area contributed by atoms with Crippen LogP contribution in [-0.4, -0.2) is 34.1 Å². The third-order valence-electron chi connectivity index (χ3n) is 5.34. The summed E-state index contributed by atoms with van der Waals surface area (Å²) in [5.41, 5.74) is 2.86. The first-order chi connectivity index (χ1) is 14.6. The number of H-pyrrole nitrogens is 1. The Morgan fingerprint density at radius 3 is 2.87 bits per heavy atom. The Morgan fingerprint density at radius 1 is 1.23 bits per heavy atom. The highest BCUT2D eigenvalue weighted by Gasteiger charge is 2.28. The lowest BCUT2D eigenvalue weighted by Gasteiger charge is -2.16. The minimum Gasteiger partial charge on any atom is -0.487 e. The fourth-order valence-electron chi connectivity index (χ4n) is 3.67. The van der Waals surface area contributed by atoms with Crippen molar-refractivity contribution in [3.63, 3.8) is 0 Å². The first-order valence-corrected chi connectivity index (χ1v) is 10.4. The van der Waals surface area contributed by atoms with Gasteiger partial charge in [-0.05, 0) is 48.7 Å². The quantitative estimate of drug-likeness (QED) is 0.593. The number of nitrogens with zero attached hydrogens (tertiary/aromatic N) is 2. The van der Waals surface area contributed by atoms with E-state index in [0.717, 1.165) is 29.9 Å². The van der Waals surface area contributed by atoms with Crippen molar-refractivity contribution < 1.29 is 13.9 Å². The van der Waals surface area contributed by atoms with E-state index in [4.69, 9.17) is 16.3 Å². The van der Waals surface area contributed by atoms with Crippen LogP contribution in [0.25, 0.3) is 0 Å². The Balaban J connectivity index is 1.26. The second kappa shape index (κ2) is 9.30. The maximum Gasteiger partial charge on any atom is 0.222 e. The van der Waals surface area contributed by atoms with Crippen LogP contribution < -0.4 is 4.74 Å². The van der Waals surface area contributed by atoms with Crippen molar-refractivity contribution in [3.8, 4) is 5.75 Å². The second-order valence-electron chi connectivity index (χ2n) is 7.52. The summed E-state index contributed by atoms with van der Waals surface area (Å²) in [5, 5.41) is 8.07. The second-order valence-corrected chi connectivity index (χ2v) is 7.95. The zero-order valence-corrected chi connectivity index (χ0v) is 17.2. The molecule has 0 bridgehead atoms. The molecule has 1 fully saturated rings. The Labute approximate surface area is 179 Å². The van der Waals surface area contributed by atoms with Crippen LogP contribution in [0.3, 0.4) is 0 Å². The maximum atomic E-state index is 13.2. The Hall–Kier alpha value is -2.86. The number of ether oxygens (including phenoxy) is 1. The monoisotopic (exact) mass is 427 g/mol. The summed E-state index contributed by atoms with van der Waals surface area (Å²) < 4.78 is 18.8. The van der Waals surface area contributed by atoms with Gasteiger partial charge in [0.15, 0.2) is 0 Å². The molecule has 2 aromatic carbocycles. The fourth-order valence-corrected chi connectivity index (χ4v) is 3.80. The van der Waals surface area contributed by atoms with Gasteiger partial charge in [0.05, 0.1) is 11.4 Å². The van der Waals surface area contributed by atoms with E-state index in [1.165, 1.54) is 12.1 Å². The molecule has 1 unspecified atom stereocenters. The lowest BCUT2D eigenvalue weighted by atomic mass is 10.1. The van der Waals surface area contributed by atoms with Gasteiger partial charge in [0.2, 0.25) is 5.91 Å². The normalized spacial score (nSPS) is 16.1. The number of hydrogen-bond donors (Lipinski definition) is 1. The molecule has 0 saturated carbocycles. The number of nitrogens with one attached hydrogen (secondary N) is 1. The number of likely N-dealkylation sites (tertiary alicyclic amines) is 1. The van der Waals surface area contributed by atoms with Crippen LogP contribution >= 0.6 is 11.6 Å². The fraction of sp³-hybridized carbons (Fsp3) is 0.304. The summed E-state index contributed by atoms with van der Waals surface area (Å²) in [5.74, 6) is 0.523. The van der Waals surface area contributed by atoms with Crippen molar-refractivity contribution in [2.24, 2.45) is 0 Å². The average molecular weight is 428 g/mol. The number of carbonyl (C=O) groups is 1. The minimum atomic E-state index is -0.329. The van der Waals surface area contributed by atoms with Gasteiger partial charge < -0.3 is 9.64 Å². The number of hydrogen-bond acceptors (Lipinski definition) is 3. The molecule has 1 saturated heterocycles. The minimum absolute atomic E-state index is 0.164. The molecular formula is C23H23ClFN3O2. The molecule has 1 N–H and O–H groups in total. The van der Waals surface area contributed by atoms with E-state index in [9.17, 15) is 9.18 Å². The van der Waals surface area contributed by atoms with Crippen LogP contribution in [0.15, 0.2) is 54.6 Å². The van der Waals surface area contributed by atoms with Gasteiger partial charge in [0, 0.05) is 36.5 Å². The number of rotatable bonds is 7. The van der Waals surface area contributed by atoms with Gasteiger partial charge in [0.1, 0.15) is 18.2 Å². The van der Waals surface area contributed by atoms with E-state index >= 15 is 0 Å². The van der Waals surface area contributed by atoms with Crippen molar-refractivity contribution in [1.29, 1.82) is 0 Å². The summed E-state index contributed by atoms with van der Waals surface area (Å²) in [4.78, 5) is 14.5. The predicted molar refractivity (Wildman–Crippen MR) is 113 cm³/mol. The molecule has 0 aliphatic carbocycles. The van der Waals surface area contributed by atoms with Gasteiger partial charge in [-0.1, -0.05) is 29.8 Å². The zero-order chi connectivity index (χ0) is 20.9. The van der Waals surface area contributed by atoms with Gasteiger partial charge in [-0.2, -0.15) is 5.10 Å². The molecule has 1 amide bonds. The summed E-state index contributed by atoms with van der Waals surface area (Å²) in [6.07, 6.45) is 2.09. The number of benzene rings is 2. The van der Waals surface area contributed by atoms with E-state index < -0.39 is 0 Å². The van der Waals surface area contributed by atoms with Gasteiger partial charge in [-0.25, -0.2) is 4.39 Å². The molecule has 0 spiro atoms. The SMILES string of the molecule is O=C(CCc1ccc(Cl)cc1)N1CCC(c2cc(COc3cccc(F)c3)[nH]n2)C1. The van der Waals surface area contributed by atoms with E-state index in [1.54, 1.807) is 12.1 Å². The highest BCUT2D eigenvalue weighted by atomic mass is 35.5. The molecule has 30 heavy (non-hydrogen) atoms. The zero-order valence-electron chi connectivity index (χ0n) is 16.5. The smallest absolute Gasteiger partial charge is 0.222 e. The van der Waals surface area contributed by atoms with Crippen molar-refractivity contribution in [3.05, 3.63) is 82.4 Å². The third-order valence-corrected chi connectivity index (χ3v) is 5.59. The first kappa shape index (κ1) is 20.4. The van der Waals surface area contributed by atoms with E-state index in [1.807, 2.05) is 35.2 Å². The Morgan fingerprint density at radius 2 is 2.07 bits per heavy atom. The lowest BCUT2D eigenvalue weighted by Crippen LogP contribution is -2.28. The highest BCUT2D eigenvalue weighted by Crippen LogP contribution is 2.27. The summed E-state index contributed by atoms with van der Waals surface area (Å²) in [7, 11) is 0. The molecular weight excluding hydrogens is 405 g/mol. The van der Waals surface area contributed by atoms with Gasteiger partial charge >= 0.3 is 0 Å². The van der Waals surface area contributed by atoms with Crippen molar-refractivity contribution >= 4 is 17.5 Å². The molecule has 0 radical (unpaired) electrons. The van der Waals surface area contributed by atoms with Crippen LogP contribution in [0.5, 0.6) is 5.75 Å². The standard InChI is InChI=1S/C23H23ClFN3O2/c24-18-7-4-16(5-8-18)6-9-23(29)28-11-10-17(14-28)22-13-20(26-27-22)15-30-21-3-1-2-19(25)12-21/h1-5,7-8,12-13,17H,6,9-11,14-15H2,(H,26,27). The van der Waals surface area contributed by atoms with Gasteiger partial charge in [-0.3, -0.25) is 9.89 Å². The molecule has 156 valence electrons. The number of halogens is 2. The predicted octanol–water partition coefficient (Wildman–Crippen LogP) is 4.73. The van der Waals surface area contributed by atoms with Crippen molar-refractivity contribution in [1.82, 2.24) is 15.1 Å². The van der Waals surface area contributed by atoms with Gasteiger partial charge in [0.25, 0.3) is 0 Å². The number of aromatic amines is 1. The molecule has 1 atom stereocenters. The van der Waals surface area contributed by atoms with Crippen LogP contribution in [0, 0.1) is 5.82 Å². The van der Waals surface area contributed by atoms with Crippen molar-refractivity contribution in [2.45, 2.75) is 31.8 Å². The molecule has 1 aliphatic heterocycles. The van der Waals surface area contributed by atoms with Gasteiger partial charge in [-0.15, -0.1) is 0 Å². The van der Waals surface area contributed by atoms with E-state index in [-0.39, 0.29) is 24.2 Å². The molecule has 4 rings (SSSR count). The molecule has 5 nitrogen and oxygen atoms in total. The average Bonchev–Trinajstić information content (AvgIpc) is 3.41. The van der Waals surface area contributed by atoms with Crippen molar-refractivity contribution in [2.75, 3.05) is 13.1 Å². The largest absolute Gasteiger partial charge is 0.487 e. The number of amides is 1. The lowest BCUT2D eigenvalue weighted by molar-refractivity contribution is -0.130. The molecule has 7 heteroatoms. The molecule has 1 aliphatic rings. The first-order valence-electron chi connectivity index (χ1n) is 10.0. The van der Waals surface area contributed by atoms with Crippen LogP contribution in [0.1, 0.15) is 35.7 Å². The Bertz CT molecular complexity index is 1010. The van der Waals surface area contributed by atoms with E-state index in [2.05, 4.69) is 10.2 Å². The summed E-state index contributed by atoms with van der Waals surface area (Å²) >= 11 is 5.90. The summed E-state index contributed by atoms with van der Waals surface area (Å²) in [6.45, 7) is 1.70. The van der Waals surface area contributed by atoms with Crippen LogP contribution in [-0.2, 0) is 17.8 Å². The molecule has 1 aromatic heterocycles. The number of carbonyl (C=O) groups excluding carboxylic acids is 1. The van der Waals surface area contributed by atoms with Crippen LogP contribution in [0.4, 0.5) is 4.39 Å². The topological polar surface area (TPSA) is 58.2 Å². The third kappa shape index (κ3) is 5.19. The van der Waals surface area contributed by atoms with Crippen LogP contribution in [0.2, 0.25) is 5.02 Å². The number of aromatic nitrogens is 2. The van der Waals surface area contributed by atoms with E-state index in [0.29, 0.717) is 30.2 Å². The maximum absolute atomic E-state index is 13.2. The Kier molecular flexibility index (Phi) is 6.33.